The van der Waals surface area contributed by atoms with Crippen LogP contribution in [0.15, 0.2) is 48.8 Å². The molecule has 1 aliphatic rings. The Labute approximate surface area is 128 Å². The number of carbonyl (C=O) groups is 2. The van der Waals surface area contributed by atoms with E-state index in [2.05, 4.69) is 5.32 Å². The van der Waals surface area contributed by atoms with E-state index >= 15 is 0 Å². The number of urea groups is 1. The molecule has 6 nitrogen and oxygen atoms in total. The summed E-state index contributed by atoms with van der Waals surface area (Å²) in [5.74, 6) is -0.0151. The molecule has 2 heterocycles. The fourth-order valence-electron chi connectivity index (χ4n) is 2.46. The van der Waals surface area contributed by atoms with Gasteiger partial charge in [-0.25, -0.2) is 4.79 Å². The van der Waals surface area contributed by atoms with Crippen molar-refractivity contribution in [3.05, 3.63) is 48.8 Å². The second-order valence-corrected chi connectivity index (χ2v) is 5.16. The number of anilines is 1. The van der Waals surface area contributed by atoms with Crippen molar-refractivity contribution < 1.29 is 9.59 Å². The van der Waals surface area contributed by atoms with Gasteiger partial charge in [0.05, 0.1) is 6.67 Å². The summed E-state index contributed by atoms with van der Waals surface area (Å²) in [5.41, 5.74) is 1.68. The Kier molecular flexibility index (Phi) is 3.82. The van der Waals surface area contributed by atoms with E-state index < -0.39 is 0 Å². The molecule has 1 saturated heterocycles. The van der Waals surface area contributed by atoms with Crippen LogP contribution in [0, 0.1) is 0 Å². The molecule has 1 aromatic heterocycles. The van der Waals surface area contributed by atoms with E-state index in [-0.39, 0.29) is 18.5 Å². The minimum absolute atomic E-state index is 0.0151. The molecule has 0 saturated carbocycles. The molecule has 0 aliphatic carbocycles. The standard InChI is InChI=1S/C16H18N4O2/c1-2-18-12-20(11-15(18)21)16(22)17-13-6-5-7-14(10-13)19-8-3-4-9-19/h3-10H,2,11-12H2,1H3,(H,17,22). The quantitative estimate of drug-likeness (QED) is 0.943. The summed E-state index contributed by atoms with van der Waals surface area (Å²) >= 11 is 0. The topological polar surface area (TPSA) is 57.6 Å². The first-order chi connectivity index (χ1) is 10.7. The van der Waals surface area contributed by atoms with E-state index in [0.29, 0.717) is 18.9 Å². The van der Waals surface area contributed by atoms with Crippen LogP contribution >= 0.6 is 0 Å². The molecule has 114 valence electrons. The number of aromatic nitrogens is 1. The van der Waals surface area contributed by atoms with Crippen molar-refractivity contribution in [1.82, 2.24) is 14.4 Å². The van der Waals surface area contributed by atoms with Crippen molar-refractivity contribution in [2.24, 2.45) is 0 Å². The lowest BCUT2D eigenvalue weighted by atomic mass is 10.2. The summed E-state index contributed by atoms with van der Waals surface area (Å²) in [6.07, 6.45) is 3.89. The second-order valence-electron chi connectivity index (χ2n) is 5.16. The number of benzene rings is 1. The zero-order chi connectivity index (χ0) is 15.5. The predicted molar refractivity (Wildman–Crippen MR) is 83.7 cm³/mol. The van der Waals surface area contributed by atoms with Gasteiger partial charge >= 0.3 is 6.03 Å². The molecule has 0 radical (unpaired) electrons. The van der Waals surface area contributed by atoms with Gasteiger partial charge in [-0.2, -0.15) is 0 Å². The summed E-state index contributed by atoms with van der Waals surface area (Å²) in [5, 5.41) is 2.85. The molecule has 1 fully saturated rings. The first-order valence-electron chi connectivity index (χ1n) is 7.24. The van der Waals surface area contributed by atoms with Gasteiger partial charge in [-0.1, -0.05) is 6.07 Å². The molecule has 0 unspecified atom stereocenters. The third-order valence-electron chi connectivity index (χ3n) is 3.69. The first-order valence-corrected chi connectivity index (χ1v) is 7.24. The van der Waals surface area contributed by atoms with Crippen LogP contribution in [0.3, 0.4) is 0 Å². The number of rotatable bonds is 3. The Balaban J connectivity index is 1.70. The fourth-order valence-corrected chi connectivity index (χ4v) is 2.46. The molecule has 3 amide bonds. The molecule has 3 rings (SSSR count). The van der Waals surface area contributed by atoms with E-state index in [1.165, 1.54) is 4.90 Å². The molecule has 6 heteroatoms. The molecular weight excluding hydrogens is 280 g/mol. The summed E-state index contributed by atoms with van der Waals surface area (Å²) in [7, 11) is 0. The molecule has 1 N–H and O–H groups in total. The Morgan fingerprint density at radius 1 is 1.23 bits per heavy atom. The molecular formula is C16H18N4O2. The second kappa shape index (κ2) is 5.93. The lowest BCUT2D eigenvalue weighted by Crippen LogP contribution is -2.34. The van der Waals surface area contributed by atoms with Crippen LogP contribution in [-0.2, 0) is 4.79 Å². The molecule has 0 spiro atoms. The van der Waals surface area contributed by atoms with Crippen molar-refractivity contribution in [3.63, 3.8) is 0 Å². The zero-order valence-corrected chi connectivity index (χ0v) is 12.4. The van der Waals surface area contributed by atoms with E-state index in [1.807, 2.05) is 60.3 Å². The maximum Gasteiger partial charge on any atom is 0.323 e. The van der Waals surface area contributed by atoms with Gasteiger partial charge in [-0.05, 0) is 37.3 Å². The van der Waals surface area contributed by atoms with Crippen LogP contribution < -0.4 is 5.32 Å². The van der Waals surface area contributed by atoms with Gasteiger partial charge in [-0.15, -0.1) is 0 Å². The van der Waals surface area contributed by atoms with Crippen LogP contribution in [0.1, 0.15) is 6.92 Å². The normalized spacial score (nSPS) is 14.5. The average molecular weight is 298 g/mol. The average Bonchev–Trinajstić information content (AvgIpc) is 3.16. The number of hydrogen-bond donors (Lipinski definition) is 1. The van der Waals surface area contributed by atoms with Crippen molar-refractivity contribution in [2.75, 3.05) is 25.1 Å². The minimum atomic E-state index is -0.256. The van der Waals surface area contributed by atoms with Crippen LogP contribution in [0.25, 0.3) is 5.69 Å². The minimum Gasteiger partial charge on any atom is -0.324 e. The molecule has 22 heavy (non-hydrogen) atoms. The Bertz CT molecular complexity index is 681. The molecule has 1 aromatic carbocycles. The maximum absolute atomic E-state index is 12.2. The molecule has 2 aromatic rings. The van der Waals surface area contributed by atoms with Gasteiger partial charge in [0.25, 0.3) is 0 Å². The molecule has 0 bridgehead atoms. The zero-order valence-electron chi connectivity index (χ0n) is 12.4. The van der Waals surface area contributed by atoms with Crippen LogP contribution in [0.4, 0.5) is 10.5 Å². The SMILES string of the molecule is CCN1CN(C(=O)Nc2cccc(-n3cccc3)c2)CC1=O. The van der Waals surface area contributed by atoms with Gasteiger partial charge in [0.2, 0.25) is 5.91 Å². The van der Waals surface area contributed by atoms with Crippen molar-refractivity contribution in [1.29, 1.82) is 0 Å². The number of hydrogen-bond acceptors (Lipinski definition) is 2. The highest BCUT2D eigenvalue weighted by molar-refractivity contribution is 5.94. The van der Waals surface area contributed by atoms with E-state index in [4.69, 9.17) is 0 Å². The number of carbonyl (C=O) groups excluding carboxylic acids is 2. The number of likely N-dealkylation sites (N-methyl/N-ethyl adjacent to an activating group) is 1. The first kappa shape index (κ1) is 14.2. The lowest BCUT2D eigenvalue weighted by molar-refractivity contribution is -0.126. The summed E-state index contributed by atoms with van der Waals surface area (Å²) in [4.78, 5) is 27.1. The Morgan fingerprint density at radius 3 is 2.68 bits per heavy atom. The highest BCUT2D eigenvalue weighted by Gasteiger charge is 2.29. The number of nitrogens with one attached hydrogen (secondary N) is 1. The maximum atomic E-state index is 12.2. The van der Waals surface area contributed by atoms with E-state index in [9.17, 15) is 9.59 Å². The molecule has 1 aliphatic heterocycles. The van der Waals surface area contributed by atoms with E-state index in [0.717, 1.165) is 5.69 Å². The van der Waals surface area contributed by atoms with Crippen LogP contribution in [0.5, 0.6) is 0 Å². The van der Waals surface area contributed by atoms with Crippen molar-refractivity contribution in [2.45, 2.75) is 6.92 Å². The lowest BCUT2D eigenvalue weighted by Gasteiger charge is -2.17. The number of nitrogens with zero attached hydrogens (tertiary/aromatic N) is 3. The van der Waals surface area contributed by atoms with Gasteiger partial charge in [0, 0.05) is 30.3 Å². The Morgan fingerprint density at radius 2 is 2.00 bits per heavy atom. The third-order valence-corrected chi connectivity index (χ3v) is 3.69. The van der Waals surface area contributed by atoms with Gasteiger partial charge in [0.15, 0.2) is 0 Å². The van der Waals surface area contributed by atoms with Gasteiger partial charge < -0.3 is 14.8 Å². The fraction of sp³-hybridized carbons (Fsp3) is 0.250. The highest BCUT2D eigenvalue weighted by Crippen LogP contribution is 2.16. The van der Waals surface area contributed by atoms with Gasteiger partial charge in [-0.3, -0.25) is 9.69 Å². The van der Waals surface area contributed by atoms with Crippen LogP contribution in [-0.4, -0.2) is 46.1 Å². The highest BCUT2D eigenvalue weighted by atomic mass is 16.2. The van der Waals surface area contributed by atoms with Gasteiger partial charge in [0.1, 0.15) is 6.54 Å². The summed E-state index contributed by atoms with van der Waals surface area (Å²) < 4.78 is 1.97. The monoisotopic (exact) mass is 298 g/mol. The number of amides is 3. The Hall–Kier alpha value is -2.76. The third kappa shape index (κ3) is 2.81. The van der Waals surface area contributed by atoms with Crippen molar-refractivity contribution in [3.8, 4) is 5.69 Å². The summed E-state index contributed by atoms with van der Waals surface area (Å²) in [6, 6.07) is 11.2. The van der Waals surface area contributed by atoms with Crippen LogP contribution in [0.2, 0.25) is 0 Å². The van der Waals surface area contributed by atoms with Crippen molar-refractivity contribution >= 4 is 17.6 Å². The smallest absolute Gasteiger partial charge is 0.323 e. The predicted octanol–water partition coefficient (Wildman–Crippen LogP) is 2.13. The molecule has 0 atom stereocenters. The largest absolute Gasteiger partial charge is 0.324 e. The summed E-state index contributed by atoms with van der Waals surface area (Å²) in [6.45, 7) is 3.00. The van der Waals surface area contributed by atoms with E-state index in [1.54, 1.807) is 4.90 Å².